The molecule has 0 saturated heterocycles. The molecule has 0 aliphatic carbocycles. The highest BCUT2D eigenvalue weighted by Gasteiger charge is 2.13. The standard InChI is InChI=1S/C11H15NO3/c1-2-8(7-13)12-11(15)9-5-3-4-6-10(9)14/h3-6,8,13-14H,2,7H2,1H3,(H,12,15)/t8-/m0/s1. The van der Waals surface area contributed by atoms with Crippen molar-refractivity contribution in [2.75, 3.05) is 6.61 Å². The van der Waals surface area contributed by atoms with Crippen LogP contribution in [0.4, 0.5) is 0 Å². The maximum atomic E-state index is 11.6. The Morgan fingerprint density at radius 3 is 2.67 bits per heavy atom. The topological polar surface area (TPSA) is 69.6 Å². The van der Waals surface area contributed by atoms with Crippen LogP contribution in [0.5, 0.6) is 5.75 Å². The van der Waals surface area contributed by atoms with Crippen molar-refractivity contribution in [1.29, 1.82) is 0 Å². The number of carbonyl (C=O) groups is 1. The van der Waals surface area contributed by atoms with Crippen LogP contribution >= 0.6 is 0 Å². The van der Waals surface area contributed by atoms with Crippen molar-refractivity contribution in [3.05, 3.63) is 29.8 Å². The molecule has 1 amide bonds. The summed E-state index contributed by atoms with van der Waals surface area (Å²) in [5.74, 6) is -0.420. The van der Waals surface area contributed by atoms with Gasteiger partial charge in [0.1, 0.15) is 5.75 Å². The summed E-state index contributed by atoms with van der Waals surface area (Å²) in [6.07, 6.45) is 0.649. The maximum Gasteiger partial charge on any atom is 0.255 e. The van der Waals surface area contributed by atoms with Crippen LogP contribution in [0.2, 0.25) is 0 Å². The first-order valence-corrected chi connectivity index (χ1v) is 4.88. The number of rotatable bonds is 4. The number of hydrogen-bond donors (Lipinski definition) is 3. The number of phenols is 1. The number of phenolic OH excluding ortho intramolecular Hbond substituents is 1. The zero-order valence-electron chi connectivity index (χ0n) is 8.60. The number of aliphatic hydroxyl groups is 1. The summed E-state index contributed by atoms with van der Waals surface area (Å²) >= 11 is 0. The highest BCUT2D eigenvalue weighted by molar-refractivity contribution is 5.96. The van der Waals surface area contributed by atoms with E-state index in [4.69, 9.17) is 5.11 Å². The Bertz CT molecular complexity index is 334. The number of hydrogen-bond acceptors (Lipinski definition) is 3. The Morgan fingerprint density at radius 1 is 1.47 bits per heavy atom. The van der Waals surface area contributed by atoms with E-state index in [9.17, 15) is 9.90 Å². The number of carbonyl (C=O) groups excluding carboxylic acids is 1. The van der Waals surface area contributed by atoms with Gasteiger partial charge in [0.15, 0.2) is 0 Å². The van der Waals surface area contributed by atoms with Crippen LogP contribution in [0, 0.1) is 0 Å². The van der Waals surface area contributed by atoms with Gasteiger partial charge in [-0.3, -0.25) is 4.79 Å². The van der Waals surface area contributed by atoms with Crippen LogP contribution in [-0.4, -0.2) is 28.8 Å². The van der Waals surface area contributed by atoms with Crippen molar-refractivity contribution in [1.82, 2.24) is 5.32 Å². The van der Waals surface area contributed by atoms with E-state index < -0.39 is 0 Å². The van der Waals surface area contributed by atoms with Gasteiger partial charge in [0.2, 0.25) is 0 Å². The Labute approximate surface area is 88.6 Å². The van der Waals surface area contributed by atoms with E-state index in [0.29, 0.717) is 6.42 Å². The molecule has 1 aromatic rings. The van der Waals surface area contributed by atoms with Crippen LogP contribution in [0.3, 0.4) is 0 Å². The number of nitrogens with one attached hydrogen (secondary N) is 1. The van der Waals surface area contributed by atoms with Crippen molar-refractivity contribution >= 4 is 5.91 Å². The Hall–Kier alpha value is -1.55. The van der Waals surface area contributed by atoms with Crippen molar-refractivity contribution < 1.29 is 15.0 Å². The van der Waals surface area contributed by atoms with E-state index >= 15 is 0 Å². The molecule has 0 aromatic heterocycles. The molecular formula is C11H15NO3. The largest absolute Gasteiger partial charge is 0.507 e. The van der Waals surface area contributed by atoms with Crippen molar-refractivity contribution in [3.63, 3.8) is 0 Å². The summed E-state index contributed by atoms with van der Waals surface area (Å²) in [5.41, 5.74) is 0.226. The normalized spacial score (nSPS) is 12.1. The fraction of sp³-hybridized carbons (Fsp3) is 0.364. The summed E-state index contributed by atoms with van der Waals surface area (Å²) in [7, 11) is 0. The van der Waals surface area contributed by atoms with Gasteiger partial charge in [0.25, 0.3) is 5.91 Å². The van der Waals surface area contributed by atoms with E-state index in [1.54, 1.807) is 12.1 Å². The molecule has 0 bridgehead atoms. The Morgan fingerprint density at radius 2 is 2.13 bits per heavy atom. The van der Waals surface area contributed by atoms with E-state index in [1.165, 1.54) is 12.1 Å². The molecule has 0 spiro atoms. The molecule has 0 radical (unpaired) electrons. The third-order valence-electron chi connectivity index (χ3n) is 2.20. The van der Waals surface area contributed by atoms with Gasteiger partial charge in [0.05, 0.1) is 18.2 Å². The van der Waals surface area contributed by atoms with E-state index in [1.807, 2.05) is 6.92 Å². The second-order valence-corrected chi connectivity index (χ2v) is 3.28. The number of amides is 1. The SMILES string of the molecule is CC[C@@H](CO)NC(=O)c1ccccc1O. The minimum atomic E-state index is -0.367. The first kappa shape index (κ1) is 11.5. The number of benzene rings is 1. The summed E-state index contributed by atoms with van der Waals surface area (Å²) in [4.78, 5) is 11.6. The third-order valence-corrected chi connectivity index (χ3v) is 2.20. The third kappa shape index (κ3) is 2.95. The number of aliphatic hydroxyl groups excluding tert-OH is 1. The maximum absolute atomic E-state index is 11.6. The fourth-order valence-corrected chi connectivity index (χ4v) is 1.21. The summed E-state index contributed by atoms with van der Waals surface area (Å²) in [6.45, 7) is 1.77. The van der Waals surface area contributed by atoms with Crippen LogP contribution in [0.15, 0.2) is 24.3 Å². The minimum absolute atomic E-state index is 0.0530. The van der Waals surface area contributed by atoms with Crippen LogP contribution in [0.1, 0.15) is 23.7 Å². The molecule has 1 atom stereocenters. The molecule has 3 N–H and O–H groups in total. The van der Waals surface area contributed by atoms with Crippen LogP contribution < -0.4 is 5.32 Å². The van der Waals surface area contributed by atoms with E-state index in [0.717, 1.165) is 0 Å². The van der Waals surface area contributed by atoms with Gasteiger partial charge in [-0.1, -0.05) is 19.1 Å². The highest BCUT2D eigenvalue weighted by atomic mass is 16.3. The zero-order valence-corrected chi connectivity index (χ0v) is 8.60. The smallest absolute Gasteiger partial charge is 0.255 e. The number of aromatic hydroxyl groups is 1. The van der Waals surface area contributed by atoms with Gasteiger partial charge in [-0.25, -0.2) is 0 Å². The van der Waals surface area contributed by atoms with Crippen molar-refractivity contribution in [2.24, 2.45) is 0 Å². The Balaban J connectivity index is 2.73. The van der Waals surface area contributed by atoms with Crippen molar-refractivity contribution in [2.45, 2.75) is 19.4 Å². The van der Waals surface area contributed by atoms with Gasteiger partial charge in [0, 0.05) is 0 Å². The van der Waals surface area contributed by atoms with Gasteiger partial charge < -0.3 is 15.5 Å². The average Bonchev–Trinajstić information content (AvgIpc) is 2.26. The second kappa shape index (κ2) is 5.36. The van der Waals surface area contributed by atoms with Crippen LogP contribution in [0.25, 0.3) is 0 Å². The quantitative estimate of drug-likeness (QED) is 0.689. The van der Waals surface area contributed by atoms with E-state index in [-0.39, 0.29) is 29.9 Å². The molecule has 15 heavy (non-hydrogen) atoms. The van der Waals surface area contributed by atoms with Crippen LogP contribution in [-0.2, 0) is 0 Å². The lowest BCUT2D eigenvalue weighted by molar-refractivity contribution is 0.0912. The predicted octanol–water partition coefficient (Wildman–Crippen LogP) is 0.893. The molecule has 0 heterocycles. The highest BCUT2D eigenvalue weighted by Crippen LogP contribution is 2.15. The van der Waals surface area contributed by atoms with Gasteiger partial charge in [-0.05, 0) is 18.6 Å². The fourth-order valence-electron chi connectivity index (χ4n) is 1.21. The minimum Gasteiger partial charge on any atom is -0.507 e. The first-order valence-electron chi connectivity index (χ1n) is 4.88. The molecule has 0 aliphatic heterocycles. The van der Waals surface area contributed by atoms with Gasteiger partial charge in [-0.2, -0.15) is 0 Å². The summed E-state index contributed by atoms with van der Waals surface area (Å²) in [5, 5.41) is 21.0. The first-order chi connectivity index (χ1) is 7.19. The monoisotopic (exact) mass is 209 g/mol. The molecule has 0 unspecified atom stereocenters. The lowest BCUT2D eigenvalue weighted by Gasteiger charge is -2.14. The summed E-state index contributed by atoms with van der Waals surface area (Å²) < 4.78 is 0. The van der Waals surface area contributed by atoms with Gasteiger partial charge in [-0.15, -0.1) is 0 Å². The number of para-hydroxylation sites is 1. The molecule has 0 aliphatic rings. The Kier molecular flexibility index (Phi) is 4.12. The average molecular weight is 209 g/mol. The lowest BCUT2D eigenvalue weighted by Crippen LogP contribution is -2.36. The summed E-state index contributed by atoms with van der Waals surface area (Å²) in [6, 6.07) is 6.05. The second-order valence-electron chi connectivity index (χ2n) is 3.28. The molecule has 1 rings (SSSR count). The van der Waals surface area contributed by atoms with E-state index in [2.05, 4.69) is 5.32 Å². The zero-order chi connectivity index (χ0) is 11.3. The van der Waals surface area contributed by atoms with Gasteiger partial charge >= 0.3 is 0 Å². The molecule has 82 valence electrons. The molecule has 4 nitrogen and oxygen atoms in total. The molecule has 4 heteroatoms. The van der Waals surface area contributed by atoms with Crippen molar-refractivity contribution in [3.8, 4) is 5.75 Å². The molecule has 1 aromatic carbocycles. The lowest BCUT2D eigenvalue weighted by atomic mass is 10.1. The molecule has 0 saturated carbocycles. The molecule has 0 fully saturated rings. The predicted molar refractivity (Wildman–Crippen MR) is 56.7 cm³/mol. The molecular weight excluding hydrogens is 194 g/mol.